The Balaban J connectivity index is 3.32. The number of amides is 3. The van der Waals surface area contributed by atoms with Crippen molar-refractivity contribution in [1.82, 2.24) is 4.90 Å². The van der Waals surface area contributed by atoms with E-state index in [0.29, 0.717) is 0 Å². The minimum atomic E-state index is -1.47. The van der Waals surface area contributed by atoms with Crippen molar-refractivity contribution < 1.29 is 19.1 Å². The summed E-state index contributed by atoms with van der Waals surface area (Å²) in [6, 6.07) is -2.04. The number of nitrogens with zero attached hydrogens (tertiary/aromatic N) is 3. The monoisotopic (exact) mass is 278 g/mol. The zero-order valence-electron chi connectivity index (χ0n) is 8.14. The molecule has 1 aliphatic rings. The summed E-state index contributed by atoms with van der Waals surface area (Å²) < 4.78 is 1.11. The number of hydrogen-bond acceptors (Lipinski definition) is 4. The van der Waals surface area contributed by atoms with Crippen LogP contribution < -0.4 is 0 Å². The largest absolute Gasteiger partial charge is 0.500 e. The molecule has 0 saturated carbocycles. The van der Waals surface area contributed by atoms with Crippen LogP contribution in [0.2, 0.25) is 0 Å². The summed E-state index contributed by atoms with van der Waals surface area (Å²) in [5.74, 6) is -0.808. The SMILES string of the molecule is CN1C(=O)C([N+](=O)[O-])C(CBr)=[N+](C)C1=O. The first-order chi connectivity index (χ1) is 6.91. The van der Waals surface area contributed by atoms with E-state index >= 15 is 0 Å². The molecule has 7 nitrogen and oxygen atoms in total. The molecule has 0 fully saturated rings. The van der Waals surface area contributed by atoms with Crippen LogP contribution in [0.5, 0.6) is 0 Å². The van der Waals surface area contributed by atoms with E-state index in [1.165, 1.54) is 14.1 Å². The Hall–Kier alpha value is -1.31. The summed E-state index contributed by atoms with van der Waals surface area (Å²) in [7, 11) is 2.63. The molecular weight excluding hydrogens is 270 g/mol. The maximum atomic E-state index is 11.5. The number of nitro groups is 1. The molecule has 8 heteroatoms. The van der Waals surface area contributed by atoms with Gasteiger partial charge in [-0.3, -0.25) is 10.1 Å². The summed E-state index contributed by atoms with van der Waals surface area (Å²) in [5, 5.41) is 10.8. The lowest BCUT2D eigenvalue weighted by atomic mass is 10.1. The summed E-state index contributed by atoms with van der Waals surface area (Å²) >= 11 is 3.03. The van der Waals surface area contributed by atoms with Crippen LogP contribution in [0, 0.1) is 10.1 Å². The fraction of sp³-hybridized carbons (Fsp3) is 0.571. The predicted molar refractivity (Wildman–Crippen MR) is 53.9 cm³/mol. The van der Waals surface area contributed by atoms with Crippen LogP contribution in [-0.2, 0) is 4.79 Å². The van der Waals surface area contributed by atoms with Crippen molar-refractivity contribution in [2.75, 3.05) is 19.4 Å². The van der Waals surface area contributed by atoms with E-state index in [4.69, 9.17) is 0 Å². The van der Waals surface area contributed by atoms with Gasteiger partial charge in [0.2, 0.25) is 0 Å². The van der Waals surface area contributed by atoms with Gasteiger partial charge in [-0.25, -0.2) is 4.79 Å². The standard InChI is InChI=1S/C7H9BrN3O4/c1-9-4(3-8)5(11(14)15)6(12)10(2)7(9)13/h5H,3H2,1-2H3/q+1. The van der Waals surface area contributed by atoms with Gasteiger partial charge in [0.05, 0.1) is 19.4 Å². The van der Waals surface area contributed by atoms with E-state index in [1.54, 1.807) is 0 Å². The Kier molecular flexibility index (Phi) is 3.18. The topological polar surface area (TPSA) is 83.5 Å². The maximum absolute atomic E-state index is 11.5. The van der Waals surface area contributed by atoms with Crippen molar-refractivity contribution >= 4 is 33.6 Å². The molecule has 3 amide bonds. The van der Waals surface area contributed by atoms with Crippen molar-refractivity contribution in [1.29, 1.82) is 0 Å². The molecule has 1 rings (SSSR count). The molecule has 82 valence electrons. The van der Waals surface area contributed by atoms with Gasteiger partial charge in [0.25, 0.3) is 0 Å². The van der Waals surface area contributed by atoms with Crippen molar-refractivity contribution in [3.8, 4) is 0 Å². The van der Waals surface area contributed by atoms with Crippen LogP contribution in [0.25, 0.3) is 0 Å². The number of imide groups is 1. The Morgan fingerprint density at radius 3 is 2.53 bits per heavy atom. The fourth-order valence-corrected chi connectivity index (χ4v) is 2.01. The highest BCUT2D eigenvalue weighted by Gasteiger charge is 2.51. The maximum Gasteiger partial charge on any atom is 0.500 e. The van der Waals surface area contributed by atoms with E-state index in [2.05, 4.69) is 15.9 Å². The molecule has 1 atom stereocenters. The fourth-order valence-electron chi connectivity index (χ4n) is 1.33. The van der Waals surface area contributed by atoms with Crippen molar-refractivity contribution in [2.45, 2.75) is 6.04 Å². The highest BCUT2D eigenvalue weighted by molar-refractivity contribution is 9.09. The first-order valence-corrected chi connectivity index (χ1v) is 5.14. The van der Waals surface area contributed by atoms with Gasteiger partial charge in [0.1, 0.15) is 0 Å². The lowest BCUT2D eigenvalue weighted by molar-refractivity contribution is -0.509. The number of rotatable bonds is 2. The van der Waals surface area contributed by atoms with Crippen LogP contribution in [0.15, 0.2) is 0 Å². The molecule has 0 saturated heterocycles. The zero-order chi connectivity index (χ0) is 11.7. The van der Waals surface area contributed by atoms with Gasteiger partial charge in [0.15, 0.2) is 5.71 Å². The molecule has 0 aliphatic carbocycles. The number of likely N-dealkylation sites (N-methyl/N-ethyl adjacent to an activating group) is 1. The molecule has 0 N–H and O–H groups in total. The number of alkyl halides is 1. The summed E-state index contributed by atoms with van der Waals surface area (Å²) in [6.07, 6.45) is 0. The molecule has 0 spiro atoms. The molecule has 0 aromatic rings. The molecular formula is C7H9BrN3O4+. The van der Waals surface area contributed by atoms with Gasteiger partial charge in [0, 0.05) is 4.92 Å². The second kappa shape index (κ2) is 4.05. The highest BCUT2D eigenvalue weighted by atomic mass is 79.9. The Morgan fingerprint density at radius 2 is 2.13 bits per heavy atom. The Bertz CT molecular complexity index is 378. The van der Waals surface area contributed by atoms with Crippen molar-refractivity contribution in [3.05, 3.63) is 10.1 Å². The third-order valence-electron chi connectivity index (χ3n) is 2.23. The van der Waals surface area contributed by atoms with E-state index < -0.39 is 22.9 Å². The lowest BCUT2D eigenvalue weighted by Crippen LogP contribution is -2.58. The van der Waals surface area contributed by atoms with Gasteiger partial charge in [-0.1, -0.05) is 15.9 Å². The normalized spacial score (nSPS) is 22.3. The van der Waals surface area contributed by atoms with Crippen LogP contribution in [0.1, 0.15) is 0 Å². The summed E-state index contributed by atoms with van der Waals surface area (Å²) in [5.41, 5.74) is 0.146. The Labute approximate surface area is 93.6 Å². The number of carbonyl (C=O) groups is 2. The molecule has 0 radical (unpaired) electrons. The van der Waals surface area contributed by atoms with E-state index in [0.717, 1.165) is 9.48 Å². The van der Waals surface area contributed by atoms with Gasteiger partial charge < -0.3 is 0 Å². The van der Waals surface area contributed by atoms with Crippen LogP contribution in [-0.4, -0.2) is 57.5 Å². The predicted octanol–water partition coefficient (Wildman–Crippen LogP) is -0.298. The van der Waals surface area contributed by atoms with Crippen molar-refractivity contribution in [3.63, 3.8) is 0 Å². The molecule has 0 aromatic heterocycles. The molecule has 1 unspecified atom stereocenters. The van der Waals surface area contributed by atoms with Gasteiger partial charge in [-0.05, 0) is 0 Å². The van der Waals surface area contributed by atoms with Gasteiger partial charge in [-0.15, -0.1) is 0 Å². The first-order valence-electron chi connectivity index (χ1n) is 4.02. The van der Waals surface area contributed by atoms with Gasteiger partial charge in [-0.2, -0.15) is 14.3 Å². The molecule has 1 aliphatic heterocycles. The van der Waals surface area contributed by atoms with E-state index in [-0.39, 0.29) is 11.0 Å². The van der Waals surface area contributed by atoms with Gasteiger partial charge >= 0.3 is 18.0 Å². The number of hydrogen-bond donors (Lipinski definition) is 0. The molecule has 15 heavy (non-hydrogen) atoms. The molecule has 0 aromatic carbocycles. The van der Waals surface area contributed by atoms with Crippen LogP contribution in [0.4, 0.5) is 4.79 Å². The summed E-state index contributed by atoms with van der Waals surface area (Å²) in [6.45, 7) is 0. The van der Waals surface area contributed by atoms with Crippen LogP contribution in [0.3, 0.4) is 0 Å². The second-order valence-electron chi connectivity index (χ2n) is 3.05. The summed E-state index contributed by atoms with van der Waals surface area (Å²) in [4.78, 5) is 33.7. The zero-order valence-corrected chi connectivity index (χ0v) is 9.72. The van der Waals surface area contributed by atoms with Crippen molar-refractivity contribution in [2.24, 2.45) is 0 Å². The average molecular weight is 279 g/mol. The third kappa shape index (κ3) is 1.76. The van der Waals surface area contributed by atoms with Crippen LogP contribution >= 0.6 is 15.9 Å². The second-order valence-corrected chi connectivity index (χ2v) is 3.61. The van der Waals surface area contributed by atoms with E-state index in [1.807, 2.05) is 0 Å². The molecule has 1 heterocycles. The average Bonchev–Trinajstić information content (AvgIpc) is 2.19. The first kappa shape index (κ1) is 11.8. The number of urea groups is 1. The number of carbonyl (C=O) groups excluding carboxylic acids is 2. The van der Waals surface area contributed by atoms with E-state index in [9.17, 15) is 19.7 Å². The number of halogens is 1. The smallest absolute Gasteiger partial charge is 0.263 e. The third-order valence-corrected chi connectivity index (χ3v) is 2.81. The Morgan fingerprint density at radius 1 is 1.60 bits per heavy atom. The molecule has 0 bridgehead atoms. The minimum Gasteiger partial charge on any atom is -0.263 e. The lowest BCUT2D eigenvalue weighted by Gasteiger charge is -2.18. The minimum absolute atomic E-state index is 0.112. The quantitative estimate of drug-likeness (QED) is 0.301. The highest BCUT2D eigenvalue weighted by Crippen LogP contribution is 2.09.